The van der Waals surface area contributed by atoms with Gasteiger partial charge >= 0.3 is 0 Å². The van der Waals surface area contributed by atoms with Crippen LogP contribution in [0, 0.1) is 5.82 Å². The minimum Gasteiger partial charge on any atom is -0.387 e. The van der Waals surface area contributed by atoms with Crippen molar-refractivity contribution in [1.29, 1.82) is 0 Å². The minimum atomic E-state index is -0.620. The molecule has 0 bridgehead atoms. The summed E-state index contributed by atoms with van der Waals surface area (Å²) in [5.41, 5.74) is 2.94. The van der Waals surface area contributed by atoms with Gasteiger partial charge in [-0.3, -0.25) is 9.48 Å². The molecule has 1 aliphatic heterocycles. The van der Waals surface area contributed by atoms with Gasteiger partial charge in [0.15, 0.2) is 11.0 Å². The maximum absolute atomic E-state index is 14.5. The Morgan fingerprint density at radius 3 is 3.00 bits per heavy atom. The Bertz CT molecular complexity index is 996. The van der Waals surface area contributed by atoms with Gasteiger partial charge in [0, 0.05) is 49.4 Å². The second kappa shape index (κ2) is 5.82. The number of amides is 1. The largest absolute Gasteiger partial charge is 0.387 e. The number of pyridine rings is 1. The van der Waals surface area contributed by atoms with E-state index in [1.807, 2.05) is 0 Å². The summed E-state index contributed by atoms with van der Waals surface area (Å²) in [5.74, 6) is -0.979. The number of aromatic amines is 1. The standard InChI is InChI=1S/C16H15ClFN5O2/c1-22-4-2-10(21-22)14-12-8-6-23(11(25)7-24)5-3-9(8)19-15(12)13(18)16(17)20-14/h2,4,19,24H,3,5-7H2,1H3. The lowest BCUT2D eigenvalue weighted by Crippen LogP contribution is -2.37. The van der Waals surface area contributed by atoms with Gasteiger partial charge in [-0.1, -0.05) is 11.6 Å². The van der Waals surface area contributed by atoms with Crippen LogP contribution in [0.2, 0.25) is 5.15 Å². The first kappa shape index (κ1) is 16.0. The predicted octanol–water partition coefficient (Wildman–Crippen LogP) is 1.63. The first-order chi connectivity index (χ1) is 12.0. The summed E-state index contributed by atoms with van der Waals surface area (Å²) in [4.78, 5) is 20.7. The highest BCUT2D eigenvalue weighted by atomic mass is 35.5. The van der Waals surface area contributed by atoms with Gasteiger partial charge in [0.2, 0.25) is 5.91 Å². The van der Waals surface area contributed by atoms with Crippen molar-refractivity contribution in [2.24, 2.45) is 7.05 Å². The summed E-state index contributed by atoms with van der Waals surface area (Å²) in [6, 6.07) is 1.77. The van der Waals surface area contributed by atoms with Crippen LogP contribution in [0.25, 0.3) is 22.3 Å². The summed E-state index contributed by atoms with van der Waals surface area (Å²) >= 11 is 5.98. The summed E-state index contributed by atoms with van der Waals surface area (Å²) in [5, 5.41) is 13.8. The Morgan fingerprint density at radius 2 is 2.32 bits per heavy atom. The molecule has 0 fully saturated rings. The van der Waals surface area contributed by atoms with Crippen LogP contribution in [0.15, 0.2) is 12.3 Å². The number of aliphatic hydroxyl groups excluding tert-OH is 1. The molecule has 25 heavy (non-hydrogen) atoms. The van der Waals surface area contributed by atoms with Gasteiger partial charge in [0.05, 0.1) is 5.52 Å². The van der Waals surface area contributed by atoms with Gasteiger partial charge in [-0.05, 0) is 6.07 Å². The molecule has 2 N–H and O–H groups in total. The fraction of sp³-hybridized carbons (Fsp3) is 0.312. The van der Waals surface area contributed by atoms with Gasteiger partial charge in [0.1, 0.15) is 18.0 Å². The number of aromatic nitrogens is 4. The lowest BCUT2D eigenvalue weighted by Gasteiger charge is -2.26. The summed E-state index contributed by atoms with van der Waals surface area (Å²) in [6.07, 6.45) is 2.30. The molecule has 0 atom stereocenters. The number of nitrogens with zero attached hydrogens (tertiary/aromatic N) is 4. The number of fused-ring (bicyclic) bond motifs is 3. The topological polar surface area (TPSA) is 87.0 Å². The molecule has 0 saturated carbocycles. The highest BCUT2D eigenvalue weighted by molar-refractivity contribution is 6.30. The third kappa shape index (κ3) is 2.49. The van der Waals surface area contributed by atoms with Gasteiger partial charge in [-0.2, -0.15) is 5.10 Å². The molecular formula is C16H15ClFN5O2. The Labute approximate surface area is 147 Å². The van der Waals surface area contributed by atoms with Crippen molar-refractivity contribution >= 4 is 28.4 Å². The Morgan fingerprint density at radius 1 is 1.52 bits per heavy atom. The normalized spacial score (nSPS) is 14.2. The number of aliphatic hydroxyl groups is 1. The fourth-order valence-electron chi connectivity index (χ4n) is 3.27. The summed E-state index contributed by atoms with van der Waals surface area (Å²) in [7, 11) is 1.78. The molecule has 3 aromatic heterocycles. The van der Waals surface area contributed by atoms with E-state index in [1.165, 1.54) is 0 Å². The third-order valence-corrected chi connectivity index (χ3v) is 4.71. The molecule has 3 aromatic rings. The van der Waals surface area contributed by atoms with Crippen LogP contribution in [0.4, 0.5) is 4.39 Å². The molecular weight excluding hydrogens is 349 g/mol. The average Bonchev–Trinajstić information content (AvgIpc) is 3.20. The quantitative estimate of drug-likeness (QED) is 0.677. The zero-order valence-corrected chi connectivity index (χ0v) is 14.1. The van der Waals surface area contributed by atoms with Crippen molar-refractivity contribution in [3.8, 4) is 11.4 Å². The van der Waals surface area contributed by atoms with Crippen LogP contribution in [0.3, 0.4) is 0 Å². The smallest absolute Gasteiger partial charge is 0.248 e. The van der Waals surface area contributed by atoms with Crippen molar-refractivity contribution in [3.05, 3.63) is 34.5 Å². The molecule has 0 unspecified atom stereocenters. The number of hydrogen-bond donors (Lipinski definition) is 2. The van der Waals surface area contributed by atoms with E-state index in [1.54, 1.807) is 28.9 Å². The van der Waals surface area contributed by atoms with E-state index in [0.717, 1.165) is 11.3 Å². The van der Waals surface area contributed by atoms with Crippen molar-refractivity contribution in [3.63, 3.8) is 0 Å². The number of halogens is 2. The zero-order valence-electron chi connectivity index (χ0n) is 13.4. The lowest BCUT2D eigenvalue weighted by molar-refractivity contribution is -0.135. The SMILES string of the molecule is Cn1ccc(-c2nc(Cl)c(F)c3[nH]c4c(c23)CN(C(=O)CO)CC4)n1. The van der Waals surface area contributed by atoms with E-state index in [2.05, 4.69) is 15.1 Å². The van der Waals surface area contributed by atoms with Crippen LogP contribution in [-0.2, 0) is 24.8 Å². The molecule has 0 radical (unpaired) electrons. The van der Waals surface area contributed by atoms with Crippen LogP contribution < -0.4 is 0 Å². The number of carbonyl (C=O) groups is 1. The molecule has 7 nitrogen and oxygen atoms in total. The second-order valence-corrected chi connectivity index (χ2v) is 6.35. The number of nitrogens with one attached hydrogen (secondary N) is 1. The molecule has 130 valence electrons. The Kier molecular flexibility index (Phi) is 3.73. The van der Waals surface area contributed by atoms with Crippen LogP contribution in [0.5, 0.6) is 0 Å². The monoisotopic (exact) mass is 363 g/mol. The van der Waals surface area contributed by atoms with Crippen molar-refractivity contribution in [2.75, 3.05) is 13.2 Å². The van der Waals surface area contributed by atoms with E-state index >= 15 is 0 Å². The van der Waals surface area contributed by atoms with Crippen molar-refractivity contribution < 1.29 is 14.3 Å². The zero-order chi connectivity index (χ0) is 17.7. The van der Waals surface area contributed by atoms with Gasteiger partial charge in [-0.25, -0.2) is 9.37 Å². The van der Waals surface area contributed by atoms with E-state index in [9.17, 15) is 9.18 Å². The van der Waals surface area contributed by atoms with E-state index < -0.39 is 12.4 Å². The number of H-pyrrole nitrogens is 1. The van der Waals surface area contributed by atoms with Crippen LogP contribution >= 0.6 is 11.6 Å². The van der Waals surface area contributed by atoms with Crippen molar-refractivity contribution in [1.82, 2.24) is 24.6 Å². The number of hydrogen-bond acceptors (Lipinski definition) is 4. The Hall–Kier alpha value is -2.45. The number of aryl methyl sites for hydroxylation is 1. The molecule has 9 heteroatoms. The van der Waals surface area contributed by atoms with E-state index in [-0.39, 0.29) is 23.1 Å². The maximum Gasteiger partial charge on any atom is 0.248 e. The first-order valence-corrected chi connectivity index (χ1v) is 8.14. The van der Waals surface area contributed by atoms with Gasteiger partial charge in [0.25, 0.3) is 0 Å². The average molecular weight is 364 g/mol. The molecule has 1 aliphatic rings. The van der Waals surface area contributed by atoms with E-state index in [0.29, 0.717) is 29.7 Å². The van der Waals surface area contributed by atoms with Crippen LogP contribution in [0.1, 0.15) is 11.3 Å². The summed E-state index contributed by atoms with van der Waals surface area (Å²) < 4.78 is 16.2. The molecule has 0 saturated heterocycles. The first-order valence-electron chi connectivity index (χ1n) is 7.76. The molecule has 0 aliphatic carbocycles. The van der Waals surface area contributed by atoms with Crippen molar-refractivity contribution in [2.45, 2.75) is 13.0 Å². The number of rotatable bonds is 2. The second-order valence-electron chi connectivity index (χ2n) is 6.00. The molecule has 4 heterocycles. The molecule has 0 spiro atoms. The highest BCUT2D eigenvalue weighted by Crippen LogP contribution is 2.37. The van der Waals surface area contributed by atoms with Gasteiger partial charge in [-0.15, -0.1) is 0 Å². The fourth-order valence-corrected chi connectivity index (χ4v) is 3.45. The summed E-state index contributed by atoms with van der Waals surface area (Å²) in [6.45, 7) is 0.182. The highest BCUT2D eigenvalue weighted by Gasteiger charge is 2.28. The Balaban J connectivity index is 1.96. The third-order valence-electron chi connectivity index (χ3n) is 4.46. The maximum atomic E-state index is 14.5. The molecule has 0 aromatic carbocycles. The molecule has 1 amide bonds. The lowest BCUT2D eigenvalue weighted by atomic mass is 10.0. The van der Waals surface area contributed by atoms with E-state index in [4.69, 9.17) is 16.7 Å². The van der Waals surface area contributed by atoms with Gasteiger partial charge < -0.3 is 15.0 Å². The van der Waals surface area contributed by atoms with Crippen LogP contribution in [-0.4, -0.2) is 48.8 Å². The molecule has 4 rings (SSSR count). The number of carbonyl (C=O) groups excluding carboxylic acids is 1. The predicted molar refractivity (Wildman–Crippen MR) is 89.5 cm³/mol. The minimum absolute atomic E-state index is 0.227.